The standard InChI is InChI=1S/C24H40N2O6/c1-23(2,11-7-17-15-31-25-21(17)29)13-9-19(27)5-6-20(28)10-14-24(3,4)12-8-18-16-32-26-22(18)30/h15-16,19-20,27-28H,5-14H2,1-4H3,(H,25,29)(H,26,30). The van der Waals surface area contributed by atoms with Crippen molar-refractivity contribution in [3.05, 3.63) is 44.4 Å². The Bertz CT molecular complexity index is 829. The van der Waals surface area contributed by atoms with E-state index in [2.05, 4.69) is 38.0 Å². The lowest BCUT2D eigenvalue weighted by atomic mass is 9.80. The molecular weight excluding hydrogens is 412 g/mol. The summed E-state index contributed by atoms with van der Waals surface area (Å²) in [7, 11) is 0. The highest BCUT2D eigenvalue weighted by atomic mass is 16.5. The number of aromatic amines is 2. The molecule has 0 radical (unpaired) electrons. The monoisotopic (exact) mass is 452 g/mol. The molecular formula is C24H40N2O6. The van der Waals surface area contributed by atoms with Gasteiger partial charge in [-0.3, -0.25) is 9.59 Å². The van der Waals surface area contributed by atoms with Crippen molar-refractivity contribution in [1.29, 1.82) is 0 Å². The van der Waals surface area contributed by atoms with Crippen LogP contribution < -0.4 is 11.1 Å². The number of aromatic nitrogens is 2. The first kappa shape index (κ1) is 26.2. The molecule has 2 unspecified atom stereocenters. The maximum Gasteiger partial charge on any atom is 0.283 e. The molecule has 32 heavy (non-hydrogen) atoms. The van der Waals surface area contributed by atoms with Gasteiger partial charge in [-0.2, -0.15) is 10.3 Å². The van der Waals surface area contributed by atoms with Gasteiger partial charge in [-0.15, -0.1) is 0 Å². The van der Waals surface area contributed by atoms with Crippen molar-refractivity contribution in [2.75, 3.05) is 0 Å². The normalized spacial score (nSPS) is 14.6. The quantitative estimate of drug-likeness (QED) is 0.324. The second-order valence-electron chi connectivity index (χ2n) is 10.7. The molecule has 0 amide bonds. The van der Waals surface area contributed by atoms with E-state index in [1.165, 1.54) is 12.5 Å². The fraction of sp³-hybridized carbons (Fsp3) is 0.750. The molecule has 2 aromatic heterocycles. The molecule has 0 aliphatic carbocycles. The molecule has 0 saturated carbocycles. The van der Waals surface area contributed by atoms with E-state index in [-0.39, 0.29) is 21.9 Å². The van der Waals surface area contributed by atoms with Crippen LogP contribution in [-0.4, -0.2) is 32.7 Å². The summed E-state index contributed by atoms with van der Waals surface area (Å²) in [6.45, 7) is 8.56. The van der Waals surface area contributed by atoms with Gasteiger partial charge in [-0.1, -0.05) is 27.7 Å². The first-order valence-electron chi connectivity index (χ1n) is 11.6. The van der Waals surface area contributed by atoms with Crippen LogP contribution in [0.4, 0.5) is 0 Å². The number of hydrogen-bond donors (Lipinski definition) is 4. The van der Waals surface area contributed by atoms with Gasteiger partial charge in [-0.25, -0.2) is 0 Å². The molecule has 0 fully saturated rings. The molecule has 0 spiro atoms. The maximum atomic E-state index is 11.5. The van der Waals surface area contributed by atoms with E-state index in [1.54, 1.807) is 0 Å². The molecule has 0 saturated heterocycles. The zero-order valence-electron chi connectivity index (χ0n) is 19.9. The second kappa shape index (κ2) is 11.7. The fourth-order valence-electron chi connectivity index (χ4n) is 3.88. The van der Waals surface area contributed by atoms with Crippen molar-refractivity contribution in [3.8, 4) is 0 Å². The van der Waals surface area contributed by atoms with Gasteiger partial charge >= 0.3 is 0 Å². The summed E-state index contributed by atoms with van der Waals surface area (Å²) in [5, 5.41) is 25.4. The van der Waals surface area contributed by atoms with E-state index in [0.29, 0.717) is 49.7 Å². The summed E-state index contributed by atoms with van der Waals surface area (Å²) < 4.78 is 9.64. The van der Waals surface area contributed by atoms with E-state index >= 15 is 0 Å². The van der Waals surface area contributed by atoms with Crippen molar-refractivity contribution in [2.45, 2.75) is 104 Å². The molecule has 8 heteroatoms. The van der Waals surface area contributed by atoms with Gasteiger partial charge in [0, 0.05) is 0 Å². The Hall–Kier alpha value is -2.06. The zero-order valence-corrected chi connectivity index (χ0v) is 19.9. The Kier molecular flexibility index (Phi) is 9.58. The number of aliphatic hydroxyl groups is 2. The average Bonchev–Trinajstić information content (AvgIpc) is 3.34. The molecule has 2 atom stereocenters. The van der Waals surface area contributed by atoms with Gasteiger partial charge in [0.25, 0.3) is 11.1 Å². The first-order chi connectivity index (χ1) is 15.0. The van der Waals surface area contributed by atoms with E-state index in [1.807, 2.05) is 0 Å². The van der Waals surface area contributed by atoms with Crippen LogP contribution in [0.25, 0.3) is 0 Å². The Labute approximate surface area is 189 Å². The van der Waals surface area contributed by atoms with Crippen LogP contribution in [0.15, 0.2) is 31.2 Å². The summed E-state index contributed by atoms with van der Waals surface area (Å²) in [4.78, 5) is 23.1. The SMILES string of the molecule is CC(C)(CCc1co[nH]c1=O)CCC(O)CCC(O)CCC(C)(C)CCc1co[nH]c1=O. The molecule has 0 bridgehead atoms. The van der Waals surface area contributed by atoms with Crippen LogP contribution in [0, 0.1) is 10.8 Å². The Morgan fingerprint density at radius 1 is 0.719 bits per heavy atom. The number of aryl methyl sites for hydroxylation is 2. The van der Waals surface area contributed by atoms with Gasteiger partial charge < -0.3 is 19.3 Å². The van der Waals surface area contributed by atoms with Crippen LogP contribution in [-0.2, 0) is 12.8 Å². The van der Waals surface area contributed by atoms with Gasteiger partial charge in [-0.05, 0) is 75.0 Å². The third-order valence-electron chi connectivity index (χ3n) is 6.57. The summed E-state index contributed by atoms with van der Waals surface area (Å²) in [5.74, 6) is 0. The summed E-state index contributed by atoms with van der Waals surface area (Å²) in [6.07, 6.45) is 9.21. The second-order valence-corrected chi connectivity index (χ2v) is 10.7. The van der Waals surface area contributed by atoms with Crippen molar-refractivity contribution >= 4 is 0 Å². The molecule has 0 aliphatic heterocycles. The Morgan fingerprint density at radius 3 is 1.41 bits per heavy atom. The predicted octanol–water partition coefficient (Wildman–Crippen LogP) is 3.93. The summed E-state index contributed by atoms with van der Waals surface area (Å²) in [6, 6.07) is 0. The molecule has 4 N–H and O–H groups in total. The van der Waals surface area contributed by atoms with Crippen LogP contribution in [0.1, 0.15) is 90.2 Å². The number of hydrogen-bond acceptors (Lipinski definition) is 6. The summed E-state index contributed by atoms with van der Waals surface area (Å²) >= 11 is 0. The number of aliphatic hydroxyl groups excluding tert-OH is 2. The lowest BCUT2D eigenvalue weighted by Crippen LogP contribution is -2.21. The molecule has 0 aromatic carbocycles. The van der Waals surface area contributed by atoms with Crippen LogP contribution in [0.2, 0.25) is 0 Å². The number of rotatable bonds is 15. The minimum absolute atomic E-state index is 0.00400. The van der Waals surface area contributed by atoms with Crippen LogP contribution >= 0.6 is 0 Å². The van der Waals surface area contributed by atoms with Crippen molar-refractivity contribution in [3.63, 3.8) is 0 Å². The molecule has 2 rings (SSSR count). The predicted molar refractivity (Wildman–Crippen MR) is 123 cm³/mol. The molecule has 0 aliphatic rings. The minimum Gasteiger partial charge on any atom is -0.393 e. The van der Waals surface area contributed by atoms with Crippen molar-refractivity contribution < 1.29 is 19.3 Å². The maximum absolute atomic E-state index is 11.5. The summed E-state index contributed by atoms with van der Waals surface area (Å²) in [5.41, 5.74) is 0.970. The lowest BCUT2D eigenvalue weighted by Gasteiger charge is -2.27. The van der Waals surface area contributed by atoms with E-state index in [9.17, 15) is 19.8 Å². The highest BCUT2D eigenvalue weighted by Crippen LogP contribution is 2.31. The largest absolute Gasteiger partial charge is 0.393 e. The van der Waals surface area contributed by atoms with Crippen LogP contribution in [0.5, 0.6) is 0 Å². The molecule has 8 nitrogen and oxygen atoms in total. The average molecular weight is 453 g/mol. The van der Waals surface area contributed by atoms with E-state index in [0.717, 1.165) is 25.7 Å². The Morgan fingerprint density at radius 2 is 1.09 bits per heavy atom. The molecule has 2 aromatic rings. The van der Waals surface area contributed by atoms with Gasteiger partial charge in [0.05, 0.1) is 23.3 Å². The van der Waals surface area contributed by atoms with E-state index < -0.39 is 12.2 Å². The Balaban J connectivity index is 1.62. The molecule has 2 heterocycles. The number of H-pyrrole nitrogens is 2. The van der Waals surface area contributed by atoms with Gasteiger partial charge in [0.1, 0.15) is 12.5 Å². The fourth-order valence-corrected chi connectivity index (χ4v) is 3.88. The minimum atomic E-state index is -0.443. The van der Waals surface area contributed by atoms with Crippen LogP contribution in [0.3, 0.4) is 0 Å². The van der Waals surface area contributed by atoms with Crippen molar-refractivity contribution in [2.24, 2.45) is 10.8 Å². The first-order valence-corrected chi connectivity index (χ1v) is 11.6. The van der Waals surface area contributed by atoms with Gasteiger partial charge in [0.2, 0.25) is 0 Å². The zero-order chi connectivity index (χ0) is 23.8. The highest BCUT2D eigenvalue weighted by Gasteiger charge is 2.23. The molecule has 182 valence electrons. The van der Waals surface area contributed by atoms with Crippen molar-refractivity contribution in [1.82, 2.24) is 10.3 Å². The number of nitrogens with one attached hydrogen (secondary N) is 2. The smallest absolute Gasteiger partial charge is 0.283 e. The topological polar surface area (TPSA) is 132 Å². The third kappa shape index (κ3) is 9.20. The van der Waals surface area contributed by atoms with E-state index in [4.69, 9.17) is 9.05 Å². The highest BCUT2D eigenvalue weighted by molar-refractivity contribution is 5.02. The third-order valence-corrected chi connectivity index (χ3v) is 6.57. The lowest BCUT2D eigenvalue weighted by molar-refractivity contribution is 0.0867. The van der Waals surface area contributed by atoms with Gasteiger partial charge in [0.15, 0.2) is 0 Å².